The molecule has 110 valence electrons. The number of rotatable bonds is 3. The Bertz CT molecular complexity index is 500. The van der Waals surface area contributed by atoms with Crippen LogP contribution in [-0.2, 0) is 9.47 Å². The van der Waals surface area contributed by atoms with E-state index in [0.29, 0.717) is 31.1 Å². The summed E-state index contributed by atoms with van der Waals surface area (Å²) in [6.07, 6.45) is 0. The zero-order valence-electron chi connectivity index (χ0n) is 12.3. The number of nitrogens with zero attached hydrogens (tertiary/aromatic N) is 1. The zero-order chi connectivity index (χ0) is 14.8. The van der Waals surface area contributed by atoms with Crippen molar-refractivity contribution in [2.75, 3.05) is 37.0 Å². The standard InChI is InChI=1S/C15H22N2O3/c1-4-20-14(18)12-9-11(5-6-13(12)16)17-7-8-19-10-15(17,2)3/h5-6,9H,4,7-8,10,16H2,1-3H3. The molecule has 1 saturated heterocycles. The molecule has 0 bridgehead atoms. The molecule has 1 aliphatic heterocycles. The van der Waals surface area contributed by atoms with Gasteiger partial charge in [0.25, 0.3) is 0 Å². The number of anilines is 2. The molecule has 2 N–H and O–H groups in total. The molecule has 0 amide bonds. The van der Waals surface area contributed by atoms with Crippen molar-refractivity contribution < 1.29 is 14.3 Å². The molecule has 0 aromatic heterocycles. The summed E-state index contributed by atoms with van der Waals surface area (Å²) in [5.41, 5.74) is 7.60. The molecular weight excluding hydrogens is 256 g/mol. The quantitative estimate of drug-likeness (QED) is 0.677. The number of hydrogen-bond donors (Lipinski definition) is 1. The largest absolute Gasteiger partial charge is 0.462 e. The fourth-order valence-corrected chi connectivity index (χ4v) is 2.43. The Morgan fingerprint density at radius 2 is 2.25 bits per heavy atom. The third-order valence-electron chi connectivity index (χ3n) is 3.49. The van der Waals surface area contributed by atoms with Gasteiger partial charge in [-0.05, 0) is 39.0 Å². The lowest BCUT2D eigenvalue weighted by atomic mass is 10.0. The van der Waals surface area contributed by atoms with Gasteiger partial charge in [-0.25, -0.2) is 4.79 Å². The molecule has 0 saturated carbocycles. The molecule has 1 aromatic carbocycles. The second kappa shape index (κ2) is 5.71. The van der Waals surface area contributed by atoms with E-state index in [-0.39, 0.29) is 11.5 Å². The lowest BCUT2D eigenvalue weighted by Gasteiger charge is -2.44. The molecule has 1 fully saturated rings. The third-order valence-corrected chi connectivity index (χ3v) is 3.49. The Morgan fingerprint density at radius 3 is 2.90 bits per heavy atom. The molecule has 0 aliphatic carbocycles. The van der Waals surface area contributed by atoms with Crippen LogP contribution >= 0.6 is 0 Å². The van der Waals surface area contributed by atoms with Gasteiger partial charge in [0.05, 0.1) is 30.9 Å². The second-order valence-electron chi connectivity index (χ2n) is 5.51. The summed E-state index contributed by atoms with van der Waals surface area (Å²) < 4.78 is 10.6. The first-order chi connectivity index (χ1) is 9.45. The van der Waals surface area contributed by atoms with E-state index in [1.165, 1.54) is 0 Å². The van der Waals surface area contributed by atoms with E-state index in [2.05, 4.69) is 18.7 Å². The van der Waals surface area contributed by atoms with Crippen molar-refractivity contribution in [1.29, 1.82) is 0 Å². The van der Waals surface area contributed by atoms with Crippen LogP contribution in [0.15, 0.2) is 18.2 Å². The van der Waals surface area contributed by atoms with Crippen LogP contribution in [0.2, 0.25) is 0 Å². The van der Waals surface area contributed by atoms with Crippen LogP contribution < -0.4 is 10.6 Å². The van der Waals surface area contributed by atoms with Crippen molar-refractivity contribution >= 4 is 17.3 Å². The summed E-state index contributed by atoms with van der Waals surface area (Å²) in [6, 6.07) is 5.50. The van der Waals surface area contributed by atoms with Crippen molar-refractivity contribution in [1.82, 2.24) is 0 Å². The second-order valence-corrected chi connectivity index (χ2v) is 5.51. The minimum absolute atomic E-state index is 0.111. The fourth-order valence-electron chi connectivity index (χ4n) is 2.43. The smallest absolute Gasteiger partial charge is 0.340 e. The molecule has 1 heterocycles. The molecular formula is C15H22N2O3. The van der Waals surface area contributed by atoms with Crippen molar-refractivity contribution in [2.45, 2.75) is 26.3 Å². The maximum atomic E-state index is 11.9. The van der Waals surface area contributed by atoms with E-state index in [9.17, 15) is 4.79 Å². The first-order valence-electron chi connectivity index (χ1n) is 6.88. The molecule has 0 unspecified atom stereocenters. The van der Waals surface area contributed by atoms with Crippen LogP contribution in [0.3, 0.4) is 0 Å². The van der Waals surface area contributed by atoms with E-state index in [4.69, 9.17) is 15.2 Å². The minimum atomic E-state index is -0.377. The van der Waals surface area contributed by atoms with Gasteiger partial charge in [-0.1, -0.05) is 0 Å². The number of carbonyl (C=O) groups is 1. The number of nitrogen functional groups attached to an aromatic ring is 1. The lowest BCUT2D eigenvalue weighted by Crippen LogP contribution is -2.53. The lowest BCUT2D eigenvalue weighted by molar-refractivity contribution is 0.0527. The van der Waals surface area contributed by atoms with E-state index in [0.717, 1.165) is 12.2 Å². The first kappa shape index (κ1) is 14.7. The van der Waals surface area contributed by atoms with Gasteiger partial charge in [0.15, 0.2) is 0 Å². The summed E-state index contributed by atoms with van der Waals surface area (Å²) in [5.74, 6) is -0.377. The summed E-state index contributed by atoms with van der Waals surface area (Å²) in [6.45, 7) is 8.49. The van der Waals surface area contributed by atoms with Gasteiger partial charge in [-0.2, -0.15) is 0 Å². The molecule has 2 rings (SSSR count). The van der Waals surface area contributed by atoms with Crippen molar-refractivity contribution in [2.24, 2.45) is 0 Å². The van der Waals surface area contributed by atoms with Gasteiger partial charge in [-0.15, -0.1) is 0 Å². The number of carbonyl (C=O) groups excluding carboxylic acids is 1. The Hall–Kier alpha value is -1.75. The predicted molar refractivity (Wildman–Crippen MR) is 79.1 cm³/mol. The molecule has 20 heavy (non-hydrogen) atoms. The van der Waals surface area contributed by atoms with Crippen LogP contribution in [-0.4, -0.2) is 37.9 Å². The molecule has 1 aromatic rings. The van der Waals surface area contributed by atoms with Gasteiger partial charge < -0.3 is 20.1 Å². The zero-order valence-corrected chi connectivity index (χ0v) is 12.3. The molecule has 5 nitrogen and oxygen atoms in total. The Kier molecular flexibility index (Phi) is 4.18. The van der Waals surface area contributed by atoms with Crippen LogP contribution in [0.4, 0.5) is 11.4 Å². The monoisotopic (exact) mass is 278 g/mol. The van der Waals surface area contributed by atoms with Gasteiger partial charge >= 0.3 is 5.97 Å². The van der Waals surface area contributed by atoms with E-state index < -0.39 is 0 Å². The number of morpholine rings is 1. The Labute approximate surface area is 119 Å². The number of hydrogen-bond acceptors (Lipinski definition) is 5. The van der Waals surface area contributed by atoms with Crippen molar-refractivity contribution in [3.63, 3.8) is 0 Å². The van der Waals surface area contributed by atoms with Gasteiger partial charge in [0.1, 0.15) is 0 Å². The van der Waals surface area contributed by atoms with Crippen LogP contribution in [0.1, 0.15) is 31.1 Å². The molecule has 0 atom stereocenters. The summed E-state index contributed by atoms with van der Waals surface area (Å²) in [7, 11) is 0. The summed E-state index contributed by atoms with van der Waals surface area (Å²) in [4.78, 5) is 14.2. The van der Waals surface area contributed by atoms with Crippen molar-refractivity contribution in [3.8, 4) is 0 Å². The normalized spacial score (nSPS) is 17.9. The fraction of sp³-hybridized carbons (Fsp3) is 0.533. The van der Waals surface area contributed by atoms with E-state index >= 15 is 0 Å². The van der Waals surface area contributed by atoms with Crippen LogP contribution in [0.25, 0.3) is 0 Å². The average Bonchev–Trinajstić information content (AvgIpc) is 2.39. The molecule has 0 radical (unpaired) electrons. The molecule has 0 spiro atoms. The number of ether oxygens (including phenoxy) is 2. The first-order valence-corrected chi connectivity index (χ1v) is 6.88. The van der Waals surface area contributed by atoms with E-state index in [1.54, 1.807) is 19.1 Å². The maximum Gasteiger partial charge on any atom is 0.340 e. The highest BCUT2D eigenvalue weighted by atomic mass is 16.5. The summed E-state index contributed by atoms with van der Waals surface area (Å²) >= 11 is 0. The third kappa shape index (κ3) is 2.88. The van der Waals surface area contributed by atoms with Gasteiger partial charge in [0.2, 0.25) is 0 Å². The highest BCUT2D eigenvalue weighted by Crippen LogP contribution is 2.29. The predicted octanol–water partition coefficient (Wildman–Crippen LogP) is 2.06. The van der Waals surface area contributed by atoms with E-state index in [1.807, 2.05) is 6.07 Å². The van der Waals surface area contributed by atoms with Crippen molar-refractivity contribution in [3.05, 3.63) is 23.8 Å². The number of esters is 1. The van der Waals surface area contributed by atoms with Crippen LogP contribution in [0, 0.1) is 0 Å². The Balaban J connectivity index is 2.33. The molecule has 5 heteroatoms. The molecule has 1 aliphatic rings. The van der Waals surface area contributed by atoms with Gasteiger partial charge in [-0.3, -0.25) is 0 Å². The summed E-state index contributed by atoms with van der Waals surface area (Å²) in [5, 5.41) is 0. The number of nitrogens with two attached hydrogens (primary N) is 1. The minimum Gasteiger partial charge on any atom is -0.462 e. The average molecular weight is 278 g/mol. The highest BCUT2D eigenvalue weighted by Gasteiger charge is 2.31. The number of benzene rings is 1. The topological polar surface area (TPSA) is 64.8 Å². The highest BCUT2D eigenvalue weighted by molar-refractivity contribution is 5.96. The maximum absolute atomic E-state index is 11.9. The Morgan fingerprint density at radius 1 is 1.50 bits per heavy atom. The van der Waals surface area contributed by atoms with Crippen LogP contribution in [0.5, 0.6) is 0 Å². The SMILES string of the molecule is CCOC(=O)c1cc(N2CCOCC2(C)C)ccc1N. The van der Waals surface area contributed by atoms with Gasteiger partial charge in [0, 0.05) is 17.9 Å².